The number of nitrogens with one attached hydrogen (secondary N) is 2. The molecule has 0 aliphatic heterocycles. The first kappa shape index (κ1) is 19.7. The fraction of sp³-hybridized carbons (Fsp3) is 0.0870. The average molecular weight is 418 g/mol. The Morgan fingerprint density at radius 2 is 1.37 bits per heavy atom. The lowest BCUT2D eigenvalue weighted by Crippen LogP contribution is -2.18. The minimum atomic E-state index is -0.351. The number of carbonyl (C=O) groups is 1. The fourth-order valence-electron chi connectivity index (χ4n) is 2.95. The number of aromatic nitrogens is 3. The zero-order valence-electron chi connectivity index (χ0n) is 16.1. The molecule has 30 heavy (non-hydrogen) atoms. The van der Waals surface area contributed by atoms with Gasteiger partial charge >= 0.3 is 0 Å². The summed E-state index contributed by atoms with van der Waals surface area (Å²) in [6.45, 7) is 1.05. The second kappa shape index (κ2) is 9.24. The van der Waals surface area contributed by atoms with Gasteiger partial charge in [-0.05, 0) is 23.3 Å². The number of anilines is 2. The van der Waals surface area contributed by atoms with Gasteiger partial charge in [-0.3, -0.25) is 4.79 Å². The molecule has 3 aromatic carbocycles. The van der Waals surface area contributed by atoms with E-state index in [9.17, 15) is 4.79 Å². The van der Waals surface area contributed by atoms with Gasteiger partial charge in [0.25, 0.3) is 5.91 Å². The number of hydrogen-bond acceptors (Lipinski definition) is 5. The van der Waals surface area contributed by atoms with Crippen molar-refractivity contribution in [3.05, 3.63) is 107 Å². The highest BCUT2D eigenvalue weighted by molar-refractivity contribution is 6.33. The van der Waals surface area contributed by atoms with Crippen molar-refractivity contribution in [2.75, 3.05) is 10.6 Å². The summed E-state index contributed by atoms with van der Waals surface area (Å²) in [4.78, 5) is 17.6. The number of hydrogen-bond donors (Lipinski definition) is 2. The molecule has 4 aromatic rings. The Balaban J connectivity index is 1.59. The molecule has 0 amide bonds. The topological polar surface area (TPSA) is 71.8 Å². The molecule has 0 spiro atoms. The van der Waals surface area contributed by atoms with Gasteiger partial charge in [-0.25, -0.2) is 0 Å². The van der Waals surface area contributed by atoms with Crippen molar-refractivity contribution in [2.45, 2.75) is 13.1 Å². The molecule has 2 N–H and O–H groups in total. The minimum Gasteiger partial charge on any atom is -0.350 e. The van der Waals surface area contributed by atoms with Crippen LogP contribution in [0.15, 0.2) is 84.9 Å². The van der Waals surface area contributed by atoms with Crippen molar-refractivity contribution in [1.82, 2.24) is 14.8 Å². The molecular formula is C23H20ClN5O. The van der Waals surface area contributed by atoms with Crippen molar-refractivity contribution in [1.29, 1.82) is 0 Å². The monoisotopic (exact) mass is 417 g/mol. The zero-order chi connectivity index (χ0) is 20.8. The van der Waals surface area contributed by atoms with Gasteiger partial charge < -0.3 is 10.6 Å². The van der Waals surface area contributed by atoms with E-state index in [0.29, 0.717) is 35.6 Å². The number of nitrogens with zero attached hydrogens (tertiary/aromatic N) is 3. The molecule has 1 aromatic heterocycles. The Hall–Kier alpha value is -3.64. The van der Waals surface area contributed by atoms with Gasteiger partial charge in [0.15, 0.2) is 0 Å². The number of carbonyl (C=O) groups excluding carboxylic acids is 1. The van der Waals surface area contributed by atoms with Crippen LogP contribution in [0.4, 0.5) is 11.9 Å². The maximum absolute atomic E-state index is 13.1. The summed E-state index contributed by atoms with van der Waals surface area (Å²) in [6, 6.07) is 26.7. The second-order valence-electron chi connectivity index (χ2n) is 6.63. The van der Waals surface area contributed by atoms with E-state index in [1.54, 1.807) is 24.3 Å². The van der Waals surface area contributed by atoms with E-state index < -0.39 is 0 Å². The van der Waals surface area contributed by atoms with Gasteiger partial charge in [-0.1, -0.05) is 84.4 Å². The molecule has 0 saturated heterocycles. The molecule has 0 bridgehead atoms. The first-order valence-corrected chi connectivity index (χ1v) is 9.90. The summed E-state index contributed by atoms with van der Waals surface area (Å²) in [5.41, 5.74) is 2.52. The van der Waals surface area contributed by atoms with Crippen LogP contribution in [0.1, 0.15) is 21.5 Å². The summed E-state index contributed by atoms with van der Waals surface area (Å²) in [7, 11) is 0. The average Bonchev–Trinajstić information content (AvgIpc) is 3.21. The summed E-state index contributed by atoms with van der Waals surface area (Å²) >= 11 is 6.22. The van der Waals surface area contributed by atoms with E-state index in [1.165, 1.54) is 4.68 Å². The predicted molar refractivity (Wildman–Crippen MR) is 119 cm³/mol. The van der Waals surface area contributed by atoms with Crippen LogP contribution in [0.25, 0.3) is 0 Å². The molecule has 0 fully saturated rings. The largest absolute Gasteiger partial charge is 0.350 e. The van der Waals surface area contributed by atoms with Crippen LogP contribution in [0.3, 0.4) is 0 Å². The van der Waals surface area contributed by atoms with Gasteiger partial charge in [0.05, 0.1) is 10.6 Å². The van der Waals surface area contributed by atoms with Crippen LogP contribution in [-0.4, -0.2) is 20.7 Å². The summed E-state index contributed by atoms with van der Waals surface area (Å²) < 4.78 is 1.25. The molecule has 0 aliphatic carbocycles. The van der Waals surface area contributed by atoms with E-state index in [2.05, 4.69) is 20.7 Å². The quantitative estimate of drug-likeness (QED) is 0.450. The van der Waals surface area contributed by atoms with E-state index >= 15 is 0 Å². The van der Waals surface area contributed by atoms with E-state index in [4.69, 9.17) is 11.6 Å². The Labute approximate surface area is 179 Å². The van der Waals surface area contributed by atoms with E-state index in [1.807, 2.05) is 60.7 Å². The zero-order valence-corrected chi connectivity index (χ0v) is 16.9. The van der Waals surface area contributed by atoms with Crippen LogP contribution < -0.4 is 10.6 Å². The number of rotatable bonds is 7. The molecule has 4 rings (SSSR count). The van der Waals surface area contributed by atoms with Crippen molar-refractivity contribution < 1.29 is 4.79 Å². The smallest absolute Gasteiger partial charge is 0.282 e. The predicted octanol–water partition coefficient (Wildman–Crippen LogP) is 4.84. The lowest BCUT2D eigenvalue weighted by molar-refractivity contribution is 0.0947. The van der Waals surface area contributed by atoms with Gasteiger partial charge in [0.1, 0.15) is 0 Å². The Kier molecular flexibility index (Phi) is 6.06. The molecule has 1 heterocycles. The minimum absolute atomic E-state index is 0.347. The lowest BCUT2D eigenvalue weighted by atomic mass is 10.2. The SMILES string of the molecule is O=C(c1ccccc1Cl)n1nc(NCc2ccccc2)nc1NCc1ccccc1. The van der Waals surface area contributed by atoms with Gasteiger partial charge in [0, 0.05) is 13.1 Å². The molecular weight excluding hydrogens is 398 g/mol. The normalized spacial score (nSPS) is 10.6. The Morgan fingerprint density at radius 3 is 2.00 bits per heavy atom. The Morgan fingerprint density at radius 1 is 0.800 bits per heavy atom. The maximum atomic E-state index is 13.1. The van der Waals surface area contributed by atoms with Crippen molar-refractivity contribution in [2.24, 2.45) is 0 Å². The highest BCUT2D eigenvalue weighted by Crippen LogP contribution is 2.19. The van der Waals surface area contributed by atoms with Crippen LogP contribution >= 0.6 is 11.6 Å². The molecule has 0 radical (unpaired) electrons. The van der Waals surface area contributed by atoms with Crippen LogP contribution in [0, 0.1) is 0 Å². The van der Waals surface area contributed by atoms with Gasteiger partial charge in [-0.15, -0.1) is 5.10 Å². The van der Waals surface area contributed by atoms with Crippen LogP contribution in [0.5, 0.6) is 0 Å². The summed E-state index contributed by atoms with van der Waals surface area (Å²) in [5.74, 6) is 0.352. The van der Waals surface area contributed by atoms with Gasteiger partial charge in [-0.2, -0.15) is 9.67 Å². The standard InChI is InChI=1S/C23H20ClN5O/c24-20-14-8-7-13-19(20)21(30)29-23(26-16-18-11-5-2-6-12-18)27-22(28-29)25-15-17-9-3-1-4-10-17/h1-14H,15-16H2,(H2,25,26,27,28). The highest BCUT2D eigenvalue weighted by atomic mass is 35.5. The third-order valence-corrected chi connectivity index (χ3v) is 4.82. The summed E-state index contributed by atoms with van der Waals surface area (Å²) in [6.07, 6.45) is 0. The van der Waals surface area contributed by atoms with Gasteiger partial charge in [0.2, 0.25) is 11.9 Å². The van der Waals surface area contributed by atoms with Crippen LogP contribution in [0.2, 0.25) is 5.02 Å². The van der Waals surface area contributed by atoms with Crippen molar-refractivity contribution in [3.8, 4) is 0 Å². The number of halogens is 1. The highest BCUT2D eigenvalue weighted by Gasteiger charge is 2.19. The van der Waals surface area contributed by atoms with E-state index in [0.717, 1.165) is 11.1 Å². The van der Waals surface area contributed by atoms with Crippen molar-refractivity contribution in [3.63, 3.8) is 0 Å². The molecule has 6 nitrogen and oxygen atoms in total. The molecule has 7 heteroatoms. The van der Waals surface area contributed by atoms with E-state index in [-0.39, 0.29) is 5.91 Å². The first-order valence-electron chi connectivity index (χ1n) is 9.52. The molecule has 0 saturated carbocycles. The lowest BCUT2D eigenvalue weighted by Gasteiger charge is -2.08. The van der Waals surface area contributed by atoms with Crippen molar-refractivity contribution >= 4 is 29.4 Å². The van der Waals surface area contributed by atoms with Crippen LogP contribution in [-0.2, 0) is 13.1 Å². The third-order valence-electron chi connectivity index (χ3n) is 4.49. The molecule has 150 valence electrons. The maximum Gasteiger partial charge on any atom is 0.282 e. The fourth-order valence-corrected chi connectivity index (χ4v) is 3.16. The first-order chi connectivity index (χ1) is 14.7. The molecule has 0 unspecified atom stereocenters. The molecule has 0 atom stereocenters. The molecule has 0 aliphatic rings. The third kappa shape index (κ3) is 4.67. The summed E-state index contributed by atoms with van der Waals surface area (Å²) in [5, 5.41) is 11.1. The number of benzene rings is 3. The Bertz CT molecular complexity index is 1130. The second-order valence-corrected chi connectivity index (χ2v) is 7.04.